The molecule has 4 rings (SSSR count). The van der Waals surface area contributed by atoms with Gasteiger partial charge in [0.1, 0.15) is 0 Å². The number of carbonyl (C=O) groups excluding carboxylic acids is 1. The Kier molecular flexibility index (Phi) is 5.46. The molecule has 0 unspecified atom stereocenters. The third-order valence-electron chi connectivity index (χ3n) is 5.12. The number of thiazole rings is 1. The number of aromatic nitrogens is 1. The number of hydrogen-bond donors (Lipinski definition) is 3. The Morgan fingerprint density at radius 2 is 2.10 bits per heavy atom. The molecule has 0 aliphatic carbocycles. The summed E-state index contributed by atoms with van der Waals surface area (Å²) in [5.74, 6) is -0.216. The topological polar surface area (TPSA) is 93.1 Å². The maximum atomic E-state index is 12.9. The Bertz CT molecular complexity index is 1190. The lowest BCUT2D eigenvalue weighted by Gasteiger charge is -2.19. The number of carbonyl (C=O) groups is 1. The molecule has 3 aromatic rings. The maximum absolute atomic E-state index is 12.9. The summed E-state index contributed by atoms with van der Waals surface area (Å²) in [7, 11) is 0. The summed E-state index contributed by atoms with van der Waals surface area (Å²) in [6.07, 6.45) is 3.73. The Morgan fingerprint density at radius 1 is 1.26 bits per heavy atom. The molecule has 1 aliphatic heterocycles. The van der Waals surface area contributed by atoms with Crippen LogP contribution in [0, 0.1) is 18.3 Å². The van der Waals surface area contributed by atoms with E-state index in [-0.39, 0.29) is 5.91 Å². The van der Waals surface area contributed by atoms with Crippen molar-refractivity contribution in [2.45, 2.75) is 26.2 Å². The Morgan fingerprint density at radius 3 is 2.84 bits per heavy atom. The van der Waals surface area contributed by atoms with E-state index in [0.29, 0.717) is 11.3 Å². The van der Waals surface area contributed by atoms with E-state index >= 15 is 0 Å². The molecule has 7 nitrogen and oxygen atoms in total. The van der Waals surface area contributed by atoms with Crippen LogP contribution in [-0.4, -0.2) is 10.9 Å². The SMILES string of the molecule is Cc1ccc(C(=O)Nc2cccc(C(C)(C)C#N)c2)cc1N1C=C(c2cncs2)NN1. The second kappa shape index (κ2) is 8.22. The van der Waals surface area contributed by atoms with Crippen molar-refractivity contribution in [3.05, 3.63) is 81.9 Å². The molecule has 0 spiro atoms. The number of nitrogens with zero attached hydrogens (tertiary/aromatic N) is 3. The van der Waals surface area contributed by atoms with E-state index in [1.807, 2.05) is 68.4 Å². The minimum absolute atomic E-state index is 0.216. The van der Waals surface area contributed by atoms with Gasteiger partial charge in [0, 0.05) is 23.6 Å². The molecule has 0 fully saturated rings. The van der Waals surface area contributed by atoms with E-state index in [2.05, 4.69) is 27.3 Å². The van der Waals surface area contributed by atoms with Gasteiger partial charge in [0.05, 0.1) is 33.3 Å². The number of nitriles is 1. The number of nitrogens with one attached hydrogen (secondary N) is 3. The highest BCUT2D eigenvalue weighted by atomic mass is 32.1. The number of anilines is 2. The molecule has 2 aromatic carbocycles. The van der Waals surface area contributed by atoms with Crippen LogP contribution < -0.4 is 21.3 Å². The smallest absolute Gasteiger partial charge is 0.255 e. The number of hydrogen-bond acceptors (Lipinski definition) is 7. The van der Waals surface area contributed by atoms with Crippen molar-refractivity contribution in [1.82, 2.24) is 15.9 Å². The van der Waals surface area contributed by atoms with Gasteiger partial charge < -0.3 is 10.7 Å². The van der Waals surface area contributed by atoms with Crippen molar-refractivity contribution >= 4 is 34.3 Å². The normalized spacial score (nSPS) is 13.4. The fourth-order valence-corrected chi connectivity index (χ4v) is 3.77. The van der Waals surface area contributed by atoms with Crippen molar-refractivity contribution in [2.75, 3.05) is 10.3 Å². The molecule has 2 heterocycles. The molecular weight excluding hydrogens is 408 g/mol. The lowest BCUT2D eigenvalue weighted by Crippen LogP contribution is -2.36. The third kappa shape index (κ3) is 4.28. The molecule has 0 saturated carbocycles. The molecule has 156 valence electrons. The van der Waals surface area contributed by atoms with E-state index in [1.54, 1.807) is 29.1 Å². The van der Waals surface area contributed by atoms with Gasteiger partial charge in [-0.3, -0.25) is 14.8 Å². The molecule has 8 heteroatoms. The fourth-order valence-electron chi connectivity index (χ4n) is 3.18. The summed E-state index contributed by atoms with van der Waals surface area (Å²) < 4.78 is 0. The van der Waals surface area contributed by atoms with Gasteiger partial charge in [0.15, 0.2) is 0 Å². The Labute approximate surface area is 185 Å². The largest absolute Gasteiger partial charge is 0.322 e. The number of hydrazine groups is 2. The van der Waals surface area contributed by atoms with Crippen molar-refractivity contribution in [3.8, 4) is 6.07 Å². The van der Waals surface area contributed by atoms with Gasteiger partial charge in [-0.05, 0) is 56.2 Å². The number of rotatable bonds is 5. The zero-order valence-corrected chi connectivity index (χ0v) is 18.2. The molecule has 0 bridgehead atoms. The summed E-state index contributed by atoms with van der Waals surface area (Å²) in [4.78, 5) is 18.0. The highest BCUT2D eigenvalue weighted by Crippen LogP contribution is 2.27. The van der Waals surface area contributed by atoms with Gasteiger partial charge in [-0.2, -0.15) is 5.26 Å². The van der Waals surface area contributed by atoms with Crippen LogP contribution in [-0.2, 0) is 5.41 Å². The number of benzene rings is 2. The Balaban J connectivity index is 1.56. The molecule has 1 amide bonds. The molecule has 0 atom stereocenters. The maximum Gasteiger partial charge on any atom is 0.255 e. The van der Waals surface area contributed by atoms with Crippen LogP contribution in [0.4, 0.5) is 11.4 Å². The minimum atomic E-state index is -0.631. The summed E-state index contributed by atoms with van der Waals surface area (Å²) in [5, 5.41) is 14.2. The summed E-state index contributed by atoms with van der Waals surface area (Å²) in [6.45, 7) is 5.70. The van der Waals surface area contributed by atoms with Gasteiger partial charge in [-0.1, -0.05) is 18.2 Å². The molecule has 3 N–H and O–H groups in total. The zero-order chi connectivity index (χ0) is 22.0. The van der Waals surface area contributed by atoms with E-state index in [1.165, 1.54) is 0 Å². The average Bonchev–Trinajstić information content (AvgIpc) is 3.46. The third-order valence-corrected chi connectivity index (χ3v) is 5.93. The summed E-state index contributed by atoms with van der Waals surface area (Å²) >= 11 is 1.54. The first-order chi connectivity index (χ1) is 14.9. The van der Waals surface area contributed by atoms with Gasteiger partial charge in [-0.25, -0.2) is 0 Å². The molecular formula is C23H22N6OS. The standard InChI is InChI=1S/C23H22N6OS/c1-15-7-8-16(9-20(15)29-12-19(27-28-29)21-11-25-14-31-21)22(30)26-18-6-4-5-17(10-18)23(2,3)13-24/h4-12,14,27-28H,1-3H3,(H,26,30). The molecule has 1 aromatic heterocycles. The fraction of sp³-hybridized carbons (Fsp3) is 0.174. The Hall–Kier alpha value is -3.67. The highest BCUT2D eigenvalue weighted by Gasteiger charge is 2.21. The van der Waals surface area contributed by atoms with Crippen LogP contribution in [0.2, 0.25) is 0 Å². The minimum Gasteiger partial charge on any atom is -0.322 e. The van der Waals surface area contributed by atoms with Crippen LogP contribution in [0.5, 0.6) is 0 Å². The van der Waals surface area contributed by atoms with Crippen molar-refractivity contribution in [3.63, 3.8) is 0 Å². The van der Waals surface area contributed by atoms with Crippen LogP contribution >= 0.6 is 11.3 Å². The number of amides is 1. The predicted molar refractivity (Wildman–Crippen MR) is 123 cm³/mol. The lowest BCUT2D eigenvalue weighted by molar-refractivity contribution is 0.102. The molecule has 31 heavy (non-hydrogen) atoms. The van der Waals surface area contributed by atoms with E-state index in [9.17, 15) is 10.1 Å². The predicted octanol–water partition coefficient (Wildman–Crippen LogP) is 4.33. The van der Waals surface area contributed by atoms with Crippen LogP contribution in [0.25, 0.3) is 5.70 Å². The average molecular weight is 431 g/mol. The monoisotopic (exact) mass is 430 g/mol. The van der Waals surface area contributed by atoms with Gasteiger partial charge in [-0.15, -0.1) is 16.9 Å². The first-order valence-electron chi connectivity index (χ1n) is 9.73. The molecule has 0 radical (unpaired) electrons. The first-order valence-corrected chi connectivity index (χ1v) is 10.6. The zero-order valence-electron chi connectivity index (χ0n) is 17.4. The van der Waals surface area contributed by atoms with Crippen molar-refractivity contribution in [1.29, 1.82) is 5.26 Å². The van der Waals surface area contributed by atoms with Crippen molar-refractivity contribution < 1.29 is 4.79 Å². The second-order valence-corrected chi connectivity index (χ2v) is 8.67. The van der Waals surface area contributed by atoms with E-state index in [4.69, 9.17) is 0 Å². The summed E-state index contributed by atoms with van der Waals surface area (Å²) in [6, 6.07) is 15.2. The summed E-state index contributed by atoms with van der Waals surface area (Å²) in [5.41, 5.74) is 12.2. The van der Waals surface area contributed by atoms with Crippen LogP contribution in [0.3, 0.4) is 0 Å². The van der Waals surface area contributed by atoms with Crippen LogP contribution in [0.1, 0.15) is 40.2 Å². The highest BCUT2D eigenvalue weighted by molar-refractivity contribution is 7.10. The molecule has 0 saturated heterocycles. The van der Waals surface area contributed by atoms with Gasteiger partial charge in [0.2, 0.25) is 0 Å². The number of aryl methyl sites for hydroxylation is 1. The molecule has 1 aliphatic rings. The quantitative estimate of drug-likeness (QED) is 0.558. The lowest BCUT2D eigenvalue weighted by atomic mass is 9.86. The van der Waals surface area contributed by atoms with E-state index in [0.717, 1.165) is 27.4 Å². The van der Waals surface area contributed by atoms with Crippen LogP contribution in [0.15, 0.2) is 60.4 Å². The second-order valence-electron chi connectivity index (χ2n) is 7.79. The first kappa shape index (κ1) is 20.6. The van der Waals surface area contributed by atoms with E-state index < -0.39 is 5.41 Å². The van der Waals surface area contributed by atoms with Crippen molar-refractivity contribution in [2.24, 2.45) is 0 Å². The van der Waals surface area contributed by atoms with Gasteiger partial charge >= 0.3 is 0 Å². The van der Waals surface area contributed by atoms with Gasteiger partial charge in [0.25, 0.3) is 5.91 Å².